The minimum Gasteiger partial charge on any atom is -0.303 e. The molecule has 1 aromatic carbocycles. The van der Waals surface area contributed by atoms with Crippen molar-refractivity contribution in [3.63, 3.8) is 0 Å². The zero-order valence-electron chi connectivity index (χ0n) is 15.4. The molecule has 0 N–H and O–H groups in total. The zero-order chi connectivity index (χ0) is 18.5. The van der Waals surface area contributed by atoms with Gasteiger partial charge in [-0.15, -0.1) is 0 Å². The minimum absolute atomic E-state index is 0.00194. The summed E-state index contributed by atoms with van der Waals surface area (Å²) in [5.74, 6) is -0.588. The number of rotatable bonds is 7. The fraction of sp³-hybridized carbons (Fsp3) is 0.429. The Morgan fingerprint density at radius 1 is 1.21 bits per heavy atom. The monoisotopic (exact) mass is 332 g/mol. The smallest absolute Gasteiger partial charge is 0.155 e. The van der Waals surface area contributed by atoms with Gasteiger partial charge in [-0.3, -0.25) is 4.79 Å². The topological polar surface area (TPSA) is 34.1 Å². The van der Waals surface area contributed by atoms with Crippen LogP contribution in [-0.2, 0) is 16.0 Å². The van der Waals surface area contributed by atoms with E-state index in [1.54, 1.807) is 38.1 Å². The molecule has 0 radical (unpaired) electrons. The van der Waals surface area contributed by atoms with E-state index in [0.29, 0.717) is 17.6 Å². The van der Waals surface area contributed by atoms with E-state index in [4.69, 9.17) is 0 Å². The summed E-state index contributed by atoms with van der Waals surface area (Å²) in [5.41, 5.74) is 2.00. The number of hydrogen-bond acceptors (Lipinski definition) is 2. The molecule has 1 atom stereocenters. The molecule has 24 heavy (non-hydrogen) atoms. The highest BCUT2D eigenvalue weighted by Crippen LogP contribution is 2.13. The average molecular weight is 332 g/mol. The van der Waals surface area contributed by atoms with Crippen LogP contribution in [0.2, 0.25) is 0 Å². The van der Waals surface area contributed by atoms with Crippen LogP contribution >= 0.6 is 0 Å². The molecule has 0 aliphatic heterocycles. The molecule has 1 unspecified atom stereocenters. The zero-order valence-corrected chi connectivity index (χ0v) is 15.4. The Labute approximate surface area is 145 Å². The van der Waals surface area contributed by atoms with E-state index < -0.39 is 0 Å². The fourth-order valence-corrected chi connectivity index (χ4v) is 1.66. The maximum atomic E-state index is 13.4. The molecule has 132 valence electrons. The molecule has 0 aliphatic rings. The Morgan fingerprint density at radius 3 is 2.29 bits per heavy atom. The van der Waals surface area contributed by atoms with Crippen molar-refractivity contribution in [2.75, 3.05) is 0 Å². The summed E-state index contributed by atoms with van der Waals surface area (Å²) < 4.78 is 13.4. The molecule has 1 rings (SSSR count). The first-order valence-corrected chi connectivity index (χ1v) is 8.41. The van der Waals surface area contributed by atoms with Crippen molar-refractivity contribution in [1.29, 1.82) is 0 Å². The van der Waals surface area contributed by atoms with Crippen molar-refractivity contribution in [3.05, 3.63) is 58.9 Å². The number of aryl methyl sites for hydroxylation is 1. The largest absolute Gasteiger partial charge is 0.303 e. The minimum atomic E-state index is -0.326. The summed E-state index contributed by atoms with van der Waals surface area (Å²) in [6, 6.07) is 4.98. The number of Topliss-reactive ketones (excluding diaryl/α,β-unsaturated/α-hetero) is 1. The second kappa shape index (κ2) is 12.4. The van der Waals surface area contributed by atoms with Crippen LogP contribution in [0, 0.1) is 18.7 Å². The first kappa shape index (κ1) is 22.0. The Morgan fingerprint density at radius 2 is 1.83 bits per heavy atom. The van der Waals surface area contributed by atoms with Crippen LogP contribution < -0.4 is 0 Å². The Hall–Kier alpha value is -2.03. The summed E-state index contributed by atoms with van der Waals surface area (Å²) in [6.45, 7) is 9.27. The highest BCUT2D eigenvalue weighted by molar-refractivity contribution is 5.92. The molecule has 0 fully saturated rings. The van der Waals surface area contributed by atoms with E-state index in [1.807, 2.05) is 6.07 Å². The van der Waals surface area contributed by atoms with Gasteiger partial charge in [-0.25, -0.2) is 4.39 Å². The molecular weight excluding hydrogens is 303 g/mol. The van der Waals surface area contributed by atoms with E-state index in [1.165, 1.54) is 25.8 Å². The third-order valence-electron chi connectivity index (χ3n) is 3.64. The third kappa shape index (κ3) is 9.19. The Bertz CT molecular complexity index is 584. The first-order chi connectivity index (χ1) is 11.3. The highest BCUT2D eigenvalue weighted by atomic mass is 19.1. The van der Waals surface area contributed by atoms with Gasteiger partial charge in [0.2, 0.25) is 0 Å². The lowest BCUT2D eigenvalue weighted by atomic mass is 9.99. The van der Waals surface area contributed by atoms with Crippen molar-refractivity contribution in [1.82, 2.24) is 0 Å². The second-order valence-corrected chi connectivity index (χ2v) is 5.88. The van der Waals surface area contributed by atoms with Crippen LogP contribution in [0.3, 0.4) is 0 Å². The lowest BCUT2D eigenvalue weighted by Gasteiger charge is -2.06. The quantitative estimate of drug-likeness (QED) is 0.381. The van der Waals surface area contributed by atoms with Gasteiger partial charge in [0.25, 0.3) is 0 Å². The van der Waals surface area contributed by atoms with Crippen molar-refractivity contribution in [2.24, 2.45) is 5.92 Å². The van der Waals surface area contributed by atoms with Crippen LogP contribution in [0.15, 0.2) is 42.0 Å². The van der Waals surface area contributed by atoms with E-state index in [2.05, 4.69) is 13.8 Å². The van der Waals surface area contributed by atoms with Gasteiger partial charge in [0, 0.05) is 5.92 Å². The van der Waals surface area contributed by atoms with Gasteiger partial charge < -0.3 is 4.79 Å². The Balaban J connectivity index is 0.00000118. The van der Waals surface area contributed by atoms with Gasteiger partial charge >= 0.3 is 0 Å². The normalized spacial score (nSPS) is 12.5. The van der Waals surface area contributed by atoms with Crippen molar-refractivity contribution >= 4 is 12.1 Å². The number of carbonyl (C=O) groups is 2. The van der Waals surface area contributed by atoms with Gasteiger partial charge in [0.1, 0.15) is 12.1 Å². The van der Waals surface area contributed by atoms with Crippen LogP contribution in [-0.4, -0.2) is 12.1 Å². The van der Waals surface area contributed by atoms with Gasteiger partial charge in [-0.2, -0.15) is 0 Å². The molecule has 0 bridgehead atoms. The van der Waals surface area contributed by atoms with Crippen LogP contribution in [0.1, 0.15) is 51.7 Å². The number of aldehydes is 1. The highest BCUT2D eigenvalue weighted by Gasteiger charge is 2.06. The summed E-state index contributed by atoms with van der Waals surface area (Å²) in [7, 11) is 0. The van der Waals surface area contributed by atoms with Gasteiger partial charge in [-0.1, -0.05) is 57.0 Å². The van der Waals surface area contributed by atoms with Crippen molar-refractivity contribution in [2.45, 2.75) is 53.9 Å². The number of hydrogen-bond donors (Lipinski definition) is 0. The van der Waals surface area contributed by atoms with E-state index in [0.717, 1.165) is 11.8 Å². The molecule has 0 aliphatic carbocycles. The molecule has 0 heterocycles. The SMILES string of the molecule is CC(=O)/C(C)=C/C=C\C(C=O)Cc1ccc(C)c(F)c1.CCCC. The molecule has 2 nitrogen and oxygen atoms in total. The number of ketones is 1. The molecule has 0 saturated carbocycles. The maximum Gasteiger partial charge on any atom is 0.155 e. The summed E-state index contributed by atoms with van der Waals surface area (Å²) >= 11 is 0. The van der Waals surface area contributed by atoms with Crippen LogP contribution in [0.25, 0.3) is 0 Å². The molecule has 1 aromatic rings. The van der Waals surface area contributed by atoms with Gasteiger partial charge in [0.15, 0.2) is 5.78 Å². The van der Waals surface area contributed by atoms with E-state index in [-0.39, 0.29) is 17.5 Å². The number of carbonyl (C=O) groups excluding carboxylic acids is 2. The van der Waals surface area contributed by atoms with E-state index in [9.17, 15) is 14.0 Å². The van der Waals surface area contributed by atoms with Crippen LogP contribution in [0.4, 0.5) is 4.39 Å². The standard InChI is InChI=1S/C17H19FO2.C4H10/c1-12(14(3)20)5-4-6-16(11-19)9-15-8-7-13(2)17(18)10-15;1-3-4-2/h4-8,10-11,16H,9H2,1-3H3;3-4H2,1-2H3/b6-4-,12-5+;. The molecule has 0 aromatic heterocycles. The van der Waals surface area contributed by atoms with Gasteiger partial charge in [-0.05, 0) is 50.0 Å². The second-order valence-electron chi connectivity index (χ2n) is 5.88. The predicted molar refractivity (Wildman–Crippen MR) is 98.6 cm³/mol. The summed E-state index contributed by atoms with van der Waals surface area (Å²) in [6.07, 6.45) is 9.00. The average Bonchev–Trinajstić information content (AvgIpc) is 2.57. The molecule has 3 heteroatoms. The lowest BCUT2D eigenvalue weighted by molar-refractivity contribution is -0.113. The van der Waals surface area contributed by atoms with Crippen molar-refractivity contribution < 1.29 is 14.0 Å². The molecule has 0 spiro atoms. The lowest BCUT2D eigenvalue weighted by Crippen LogP contribution is -2.03. The Kier molecular flexibility index (Phi) is 11.4. The maximum absolute atomic E-state index is 13.4. The van der Waals surface area contributed by atoms with Crippen LogP contribution in [0.5, 0.6) is 0 Å². The number of halogens is 1. The number of benzene rings is 1. The number of unbranched alkanes of at least 4 members (excludes halogenated alkanes) is 1. The fourth-order valence-electron chi connectivity index (χ4n) is 1.66. The molecule has 0 saturated heterocycles. The molecular formula is C21H29FO2. The number of allylic oxidation sites excluding steroid dienone is 4. The summed E-state index contributed by atoms with van der Waals surface area (Å²) in [4.78, 5) is 22.1. The summed E-state index contributed by atoms with van der Waals surface area (Å²) in [5, 5.41) is 0. The van der Waals surface area contributed by atoms with Crippen molar-refractivity contribution in [3.8, 4) is 0 Å². The predicted octanol–water partition coefficient (Wildman–Crippen LogP) is 5.39. The van der Waals surface area contributed by atoms with E-state index >= 15 is 0 Å². The first-order valence-electron chi connectivity index (χ1n) is 8.41. The molecule has 0 amide bonds. The third-order valence-corrected chi connectivity index (χ3v) is 3.64. The van der Waals surface area contributed by atoms with Gasteiger partial charge in [0.05, 0.1) is 0 Å².